The van der Waals surface area contributed by atoms with E-state index in [1.807, 2.05) is 42.8 Å². The fourth-order valence-corrected chi connectivity index (χ4v) is 4.00. The first-order valence-electron chi connectivity index (χ1n) is 9.12. The van der Waals surface area contributed by atoms with Crippen molar-refractivity contribution in [3.05, 3.63) is 82.9 Å². The van der Waals surface area contributed by atoms with Crippen LogP contribution in [0.1, 0.15) is 33.0 Å². The van der Waals surface area contributed by atoms with Gasteiger partial charge in [-0.2, -0.15) is 0 Å². The first-order valence-corrected chi connectivity index (χ1v) is 10.8. The van der Waals surface area contributed by atoms with Gasteiger partial charge < -0.3 is 9.67 Å². The Bertz CT molecular complexity index is 1100. The molecule has 3 aromatic rings. The number of hydrogen-bond donors (Lipinski definition) is 2. The molecule has 3 rings (SSSR count). The molecule has 0 saturated carbocycles. The second kappa shape index (κ2) is 8.59. The molecule has 1 aromatic carbocycles. The number of aliphatic hydroxyl groups is 1. The van der Waals surface area contributed by atoms with E-state index in [9.17, 15) is 13.2 Å². The first kappa shape index (κ1) is 20.8. The third-order valence-electron chi connectivity index (χ3n) is 4.59. The van der Waals surface area contributed by atoms with Gasteiger partial charge in [0, 0.05) is 30.4 Å². The molecule has 2 heterocycles. The smallest absolute Gasteiger partial charge is 0.235 e. The summed E-state index contributed by atoms with van der Waals surface area (Å²) in [5.74, 6) is -0.395. The molecule has 0 bridgehead atoms. The third-order valence-corrected chi connectivity index (χ3v) is 5.86. The summed E-state index contributed by atoms with van der Waals surface area (Å²) in [6.07, 6.45) is 1.94. The van der Waals surface area contributed by atoms with Crippen molar-refractivity contribution >= 4 is 21.5 Å². The second-order valence-corrected chi connectivity index (χ2v) is 8.62. The maximum absolute atomic E-state index is 12.9. The fourth-order valence-electron chi connectivity index (χ4n) is 3.18. The number of carbonyl (C=O) groups is 1. The number of pyridine rings is 1. The molecule has 0 unspecified atom stereocenters. The number of hydrogen-bond acceptors (Lipinski definition) is 5. The summed E-state index contributed by atoms with van der Waals surface area (Å²) >= 11 is 0. The number of rotatable bonds is 8. The number of sulfonamides is 1. The Labute approximate surface area is 170 Å². The molecule has 2 aromatic heterocycles. The highest BCUT2D eigenvalue weighted by atomic mass is 32.2. The minimum absolute atomic E-state index is 0.0292. The SMILES string of the molecule is Cc1cc(Cc2ccc(NS(=O)(=O)CCO)cn2)n(C)c1C(=O)c1ccccc1. The Hall–Kier alpha value is -2.97. The Morgan fingerprint density at radius 2 is 1.90 bits per heavy atom. The summed E-state index contributed by atoms with van der Waals surface area (Å²) in [5.41, 5.74) is 4.19. The zero-order valence-electron chi connectivity index (χ0n) is 16.3. The quantitative estimate of drug-likeness (QED) is 0.552. The van der Waals surface area contributed by atoms with Crippen LogP contribution < -0.4 is 4.72 Å². The average Bonchev–Trinajstić information content (AvgIpc) is 2.96. The lowest BCUT2D eigenvalue weighted by Gasteiger charge is -2.09. The Balaban J connectivity index is 1.78. The molecule has 0 atom stereocenters. The summed E-state index contributed by atoms with van der Waals surface area (Å²) in [5, 5.41) is 8.79. The van der Waals surface area contributed by atoms with Gasteiger partial charge in [0.1, 0.15) is 0 Å². The van der Waals surface area contributed by atoms with Crippen molar-refractivity contribution in [2.24, 2.45) is 7.05 Å². The predicted molar refractivity (Wildman–Crippen MR) is 112 cm³/mol. The summed E-state index contributed by atoms with van der Waals surface area (Å²) in [6, 6.07) is 14.5. The molecule has 8 heteroatoms. The Morgan fingerprint density at radius 3 is 2.52 bits per heavy atom. The van der Waals surface area contributed by atoms with Crippen LogP contribution in [0.2, 0.25) is 0 Å². The number of aryl methyl sites for hydroxylation is 1. The number of nitrogens with zero attached hydrogens (tertiary/aromatic N) is 2. The normalized spacial score (nSPS) is 11.4. The summed E-state index contributed by atoms with van der Waals surface area (Å²) in [6.45, 7) is 1.46. The van der Waals surface area contributed by atoms with Crippen LogP contribution in [0.4, 0.5) is 5.69 Å². The van der Waals surface area contributed by atoms with E-state index < -0.39 is 16.6 Å². The number of nitrogens with one attached hydrogen (secondary N) is 1. The molecule has 0 radical (unpaired) electrons. The van der Waals surface area contributed by atoms with E-state index in [0.29, 0.717) is 23.4 Å². The van der Waals surface area contributed by atoms with Gasteiger partial charge in [0.15, 0.2) is 0 Å². The van der Waals surface area contributed by atoms with E-state index in [0.717, 1.165) is 17.0 Å². The summed E-state index contributed by atoms with van der Waals surface area (Å²) in [7, 11) is -1.73. The molecule has 2 N–H and O–H groups in total. The molecular formula is C21H23N3O4S. The largest absolute Gasteiger partial charge is 0.395 e. The van der Waals surface area contributed by atoms with E-state index in [2.05, 4.69) is 9.71 Å². The van der Waals surface area contributed by atoms with Crippen molar-refractivity contribution in [1.82, 2.24) is 9.55 Å². The number of anilines is 1. The van der Waals surface area contributed by atoms with Gasteiger partial charge in [-0.1, -0.05) is 30.3 Å². The number of aromatic nitrogens is 2. The van der Waals surface area contributed by atoms with Gasteiger partial charge in [0.05, 0.1) is 29.9 Å². The molecule has 29 heavy (non-hydrogen) atoms. The standard InChI is InChI=1S/C21H23N3O4S/c1-15-12-19(24(2)20(15)21(26)16-6-4-3-5-7-16)13-17-8-9-18(14-22-17)23-29(27,28)11-10-25/h3-9,12,14,23,25H,10-11,13H2,1-2H3. The fraction of sp³-hybridized carbons (Fsp3) is 0.238. The van der Waals surface area contributed by atoms with Gasteiger partial charge in [-0.25, -0.2) is 8.42 Å². The van der Waals surface area contributed by atoms with Crippen LogP contribution in [0.15, 0.2) is 54.7 Å². The molecule has 0 saturated heterocycles. The maximum atomic E-state index is 12.9. The number of carbonyl (C=O) groups excluding carboxylic acids is 1. The van der Waals surface area contributed by atoms with Gasteiger partial charge in [-0.3, -0.25) is 14.5 Å². The van der Waals surface area contributed by atoms with Gasteiger partial charge in [-0.15, -0.1) is 0 Å². The highest BCUT2D eigenvalue weighted by molar-refractivity contribution is 7.92. The Kier molecular flexibility index (Phi) is 6.14. The lowest BCUT2D eigenvalue weighted by atomic mass is 10.1. The summed E-state index contributed by atoms with van der Waals surface area (Å²) < 4.78 is 27.7. The van der Waals surface area contributed by atoms with E-state index in [1.54, 1.807) is 24.3 Å². The number of aliphatic hydroxyl groups excluding tert-OH is 1. The molecule has 0 fully saturated rings. The van der Waals surface area contributed by atoms with Crippen LogP contribution >= 0.6 is 0 Å². The number of benzene rings is 1. The lowest BCUT2D eigenvalue weighted by molar-refractivity contribution is 0.103. The van der Waals surface area contributed by atoms with Crippen molar-refractivity contribution in [2.75, 3.05) is 17.1 Å². The van der Waals surface area contributed by atoms with E-state index >= 15 is 0 Å². The monoisotopic (exact) mass is 413 g/mol. The minimum atomic E-state index is -3.58. The van der Waals surface area contributed by atoms with Crippen LogP contribution in [-0.2, 0) is 23.5 Å². The molecule has 0 aliphatic rings. The van der Waals surface area contributed by atoms with Crippen LogP contribution in [0.3, 0.4) is 0 Å². The highest BCUT2D eigenvalue weighted by Crippen LogP contribution is 2.20. The Morgan fingerprint density at radius 1 is 1.17 bits per heavy atom. The maximum Gasteiger partial charge on any atom is 0.235 e. The van der Waals surface area contributed by atoms with Crippen LogP contribution in [0.25, 0.3) is 0 Å². The van der Waals surface area contributed by atoms with E-state index in [-0.39, 0.29) is 11.5 Å². The minimum Gasteiger partial charge on any atom is -0.395 e. The second-order valence-electron chi connectivity index (χ2n) is 6.78. The van der Waals surface area contributed by atoms with Crippen molar-refractivity contribution in [3.8, 4) is 0 Å². The number of ketones is 1. The zero-order chi connectivity index (χ0) is 21.0. The predicted octanol–water partition coefficient (Wildman–Crippen LogP) is 2.28. The summed E-state index contributed by atoms with van der Waals surface area (Å²) in [4.78, 5) is 17.2. The first-order chi connectivity index (χ1) is 13.8. The highest BCUT2D eigenvalue weighted by Gasteiger charge is 2.18. The molecular weight excluding hydrogens is 390 g/mol. The lowest BCUT2D eigenvalue weighted by Crippen LogP contribution is -2.19. The topological polar surface area (TPSA) is 101 Å². The van der Waals surface area contributed by atoms with Crippen molar-refractivity contribution in [3.63, 3.8) is 0 Å². The third kappa shape index (κ3) is 4.90. The molecule has 152 valence electrons. The molecule has 0 aliphatic carbocycles. The van der Waals surface area contributed by atoms with Gasteiger partial charge in [0.2, 0.25) is 15.8 Å². The van der Waals surface area contributed by atoms with Crippen LogP contribution in [0.5, 0.6) is 0 Å². The van der Waals surface area contributed by atoms with Crippen LogP contribution in [-0.4, -0.2) is 41.2 Å². The van der Waals surface area contributed by atoms with Gasteiger partial charge >= 0.3 is 0 Å². The average molecular weight is 413 g/mol. The molecule has 0 amide bonds. The van der Waals surface area contributed by atoms with Crippen molar-refractivity contribution in [2.45, 2.75) is 13.3 Å². The van der Waals surface area contributed by atoms with Crippen molar-refractivity contribution < 1.29 is 18.3 Å². The molecule has 0 spiro atoms. The van der Waals surface area contributed by atoms with Gasteiger partial charge in [-0.05, 0) is 30.7 Å². The van der Waals surface area contributed by atoms with Gasteiger partial charge in [0.25, 0.3) is 0 Å². The van der Waals surface area contributed by atoms with E-state index in [4.69, 9.17) is 5.11 Å². The van der Waals surface area contributed by atoms with Crippen molar-refractivity contribution in [1.29, 1.82) is 0 Å². The molecule has 0 aliphatic heterocycles. The van der Waals surface area contributed by atoms with Crippen LogP contribution in [0, 0.1) is 6.92 Å². The van der Waals surface area contributed by atoms with E-state index in [1.165, 1.54) is 6.20 Å². The zero-order valence-corrected chi connectivity index (χ0v) is 17.1. The molecule has 7 nitrogen and oxygen atoms in total.